The summed E-state index contributed by atoms with van der Waals surface area (Å²) in [6.45, 7) is 1.97. The number of nitrogens with two attached hydrogens (primary N) is 1. The highest BCUT2D eigenvalue weighted by molar-refractivity contribution is 5.43. The van der Waals surface area contributed by atoms with E-state index >= 15 is 0 Å². The molecule has 0 radical (unpaired) electrons. The second kappa shape index (κ2) is 3.58. The van der Waals surface area contributed by atoms with Crippen molar-refractivity contribution in [2.24, 2.45) is 0 Å². The van der Waals surface area contributed by atoms with Crippen molar-refractivity contribution in [2.75, 3.05) is 12.3 Å². The first kappa shape index (κ1) is 8.34. The summed E-state index contributed by atoms with van der Waals surface area (Å²) >= 11 is 0. The van der Waals surface area contributed by atoms with Gasteiger partial charge in [0.05, 0.1) is 5.56 Å². The predicted molar refractivity (Wildman–Crippen MR) is 45.5 cm³/mol. The number of hydrogen-bond acceptors (Lipinski definition) is 4. The Morgan fingerprint density at radius 3 is 3.08 bits per heavy atom. The number of terminal acetylenes is 1. The van der Waals surface area contributed by atoms with Crippen molar-refractivity contribution < 1.29 is 4.74 Å². The van der Waals surface area contributed by atoms with Gasteiger partial charge in [-0.3, -0.25) is 0 Å². The van der Waals surface area contributed by atoms with Crippen LogP contribution in [0.1, 0.15) is 5.56 Å². The molecule has 0 atom stereocenters. The summed E-state index contributed by atoms with van der Waals surface area (Å²) in [7, 11) is 0. The molecule has 4 nitrogen and oxygen atoms in total. The fourth-order valence-electron chi connectivity index (χ4n) is 0.702. The molecule has 0 aliphatic carbocycles. The van der Waals surface area contributed by atoms with Crippen molar-refractivity contribution in [2.45, 2.75) is 6.92 Å². The molecule has 0 bridgehead atoms. The fraction of sp³-hybridized carbons (Fsp3) is 0.250. The summed E-state index contributed by atoms with van der Waals surface area (Å²) in [6.07, 6.45) is 6.36. The van der Waals surface area contributed by atoms with Crippen LogP contribution in [-0.2, 0) is 0 Å². The molecule has 0 amide bonds. The minimum Gasteiger partial charge on any atom is -0.464 e. The summed E-state index contributed by atoms with van der Waals surface area (Å²) in [5.41, 5.74) is 6.23. The van der Waals surface area contributed by atoms with Gasteiger partial charge in [-0.2, -0.15) is 0 Å². The van der Waals surface area contributed by atoms with Crippen LogP contribution < -0.4 is 10.5 Å². The van der Waals surface area contributed by atoms with E-state index < -0.39 is 0 Å². The number of nitrogens with zero attached hydrogens (tertiary/aromatic N) is 2. The Hall–Kier alpha value is -1.76. The molecule has 62 valence electrons. The molecule has 0 spiro atoms. The van der Waals surface area contributed by atoms with Gasteiger partial charge in [-0.25, -0.2) is 9.97 Å². The number of hydrogen-bond donors (Lipinski definition) is 1. The van der Waals surface area contributed by atoms with Crippen molar-refractivity contribution in [3.63, 3.8) is 0 Å². The van der Waals surface area contributed by atoms with Gasteiger partial charge in [0.15, 0.2) is 6.61 Å². The lowest BCUT2D eigenvalue weighted by Crippen LogP contribution is -2.02. The highest BCUT2D eigenvalue weighted by Crippen LogP contribution is 2.16. The number of anilines is 1. The van der Waals surface area contributed by atoms with Crippen LogP contribution in [0.2, 0.25) is 0 Å². The lowest BCUT2D eigenvalue weighted by atomic mass is 10.3. The Kier molecular flexibility index (Phi) is 2.49. The van der Waals surface area contributed by atoms with Gasteiger partial charge in [0.25, 0.3) is 0 Å². The molecule has 1 aromatic heterocycles. The highest BCUT2D eigenvalue weighted by atomic mass is 16.5. The average Bonchev–Trinajstić information content (AvgIpc) is 2.08. The van der Waals surface area contributed by atoms with Crippen LogP contribution in [0.4, 0.5) is 5.82 Å². The van der Waals surface area contributed by atoms with Gasteiger partial charge < -0.3 is 10.5 Å². The largest absolute Gasteiger partial charge is 0.464 e. The van der Waals surface area contributed by atoms with E-state index in [2.05, 4.69) is 15.9 Å². The number of rotatable bonds is 2. The van der Waals surface area contributed by atoms with Gasteiger partial charge in [0.2, 0.25) is 5.88 Å². The molecule has 0 saturated carbocycles. The van der Waals surface area contributed by atoms with E-state index in [0.29, 0.717) is 17.3 Å². The van der Waals surface area contributed by atoms with Crippen molar-refractivity contribution in [3.8, 4) is 18.2 Å². The Labute approximate surface area is 70.8 Å². The zero-order chi connectivity index (χ0) is 8.97. The van der Waals surface area contributed by atoms with Crippen LogP contribution in [0.5, 0.6) is 5.88 Å². The fourth-order valence-corrected chi connectivity index (χ4v) is 0.702. The molecular weight excluding hydrogens is 154 g/mol. The van der Waals surface area contributed by atoms with Crippen LogP contribution in [0, 0.1) is 19.3 Å². The molecule has 0 fully saturated rings. The maximum Gasteiger partial charge on any atom is 0.222 e. The molecule has 1 rings (SSSR count). The van der Waals surface area contributed by atoms with Crippen molar-refractivity contribution in [1.82, 2.24) is 9.97 Å². The van der Waals surface area contributed by atoms with Gasteiger partial charge in [-0.15, -0.1) is 6.42 Å². The molecule has 12 heavy (non-hydrogen) atoms. The lowest BCUT2D eigenvalue weighted by Gasteiger charge is -2.04. The summed E-state index contributed by atoms with van der Waals surface area (Å²) in [5.74, 6) is 3.20. The molecule has 4 heteroatoms. The molecule has 0 aliphatic rings. The lowest BCUT2D eigenvalue weighted by molar-refractivity contribution is 0.352. The highest BCUT2D eigenvalue weighted by Gasteiger charge is 2.03. The van der Waals surface area contributed by atoms with E-state index in [4.69, 9.17) is 16.9 Å². The predicted octanol–water partition coefficient (Wildman–Crippen LogP) is 0.379. The minimum atomic E-state index is 0.192. The first-order chi connectivity index (χ1) is 5.75. The molecule has 0 unspecified atom stereocenters. The van der Waals surface area contributed by atoms with E-state index in [0.717, 1.165) is 0 Å². The van der Waals surface area contributed by atoms with E-state index in [9.17, 15) is 0 Å². The van der Waals surface area contributed by atoms with Crippen LogP contribution in [0.25, 0.3) is 0 Å². The van der Waals surface area contributed by atoms with E-state index in [-0.39, 0.29) is 6.61 Å². The van der Waals surface area contributed by atoms with Gasteiger partial charge in [-0.05, 0) is 6.92 Å². The van der Waals surface area contributed by atoms with Crippen molar-refractivity contribution >= 4 is 5.82 Å². The summed E-state index contributed by atoms with van der Waals surface area (Å²) in [4.78, 5) is 7.65. The molecular formula is C8H9N3O. The molecule has 0 aromatic carbocycles. The molecule has 2 N–H and O–H groups in total. The van der Waals surface area contributed by atoms with Gasteiger partial charge in [0, 0.05) is 0 Å². The molecule has 0 aliphatic heterocycles. The third kappa shape index (κ3) is 1.64. The quantitative estimate of drug-likeness (QED) is 0.640. The van der Waals surface area contributed by atoms with Crippen molar-refractivity contribution in [1.29, 1.82) is 0 Å². The summed E-state index contributed by atoms with van der Waals surface area (Å²) in [6, 6.07) is 0. The van der Waals surface area contributed by atoms with E-state index in [1.807, 2.05) is 0 Å². The minimum absolute atomic E-state index is 0.192. The topological polar surface area (TPSA) is 61.0 Å². The number of aromatic nitrogens is 2. The zero-order valence-corrected chi connectivity index (χ0v) is 6.74. The SMILES string of the molecule is C#CCOc1ncnc(N)c1C. The maximum absolute atomic E-state index is 5.51. The van der Waals surface area contributed by atoms with Gasteiger partial charge in [0.1, 0.15) is 12.1 Å². The number of nitrogen functional groups attached to an aromatic ring is 1. The monoisotopic (exact) mass is 163 g/mol. The zero-order valence-electron chi connectivity index (χ0n) is 6.74. The summed E-state index contributed by atoms with van der Waals surface area (Å²) in [5, 5.41) is 0. The van der Waals surface area contributed by atoms with Crippen LogP contribution in [-0.4, -0.2) is 16.6 Å². The Morgan fingerprint density at radius 1 is 1.67 bits per heavy atom. The maximum atomic E-state index is 5.51. The smallest absolute Gasteiger partial charge is 0.222 e. The van der Waals surface area contributed by atoms with Crippen LogP contribution >= 0.6 is 0 Å². The average molecular weight is 163 g/mol. The Balaban J connectivity index is 2.86. The van der Waals surface area contributed by atoms with Gasteiger partial charge >= 0.3 is 0 Å². The number of ether oxygens (including phenoxy) is 1. The molecule has 0 saturated heterocycles. The first-order valence-corrected chi connectivity index (χ1v) is 3.39. The Bertz CT molecular complexity index is 317. The normalized spacial score (nSPS) is 9.00. The van der Waals surface area contributed by atoms with Crippen molar-refractivity contribution in [3.05, 3.63) is 11.9 Å². The Morgan fingerprint density at radius 2 is 2.42 bits per heavy atom. The first-order valence-electron chi connectivity index (χ1n) is 3.39. The van der Waals surface area contributed by atoms with E-state index in [1.165, 1.54) is 6.33 Å². The standard InChI is InChI=1S/C8H9N3O/c1-3-4-12-8-6(2)7(9)10-5-11-8/h1,5H,4H2,2H3,(H2,9,10,11). The van der Waals surface area contributed by atoms with Gasteiger partial charge in [-0.1, -0.05) is 5.92 Å². The van der Waals surface area contributed by atoms with Crippen LogP contribution in [0.3, 0.4) is 0 Å². The second-order valence-corrected chi connectivity index (χ2v) is 2.18. The van der Waals surface area contributed by atoms with E-state index in [1.54, 1.807) is 6.92 Å². The van der Waals surface area contributed by atoms with Crippen LogP contribution in [0.15, 0.2) is 6.33 Å². The third-order valence-electron chi connectivity index (χ3n) is 1.37. The third-order valence-corrected chi connectivity index (χ3v) is 1.37. The molecule has 1 heterocycles. The summed E-state index contributed by atoms with van der Waals surface area (Å²) < 4.78 is 5.10. The second-order valence-electron chi connectivity index (χ2n) is 2.18. The molecule has 1 aromatic rings.